The molecule has 0 aromatic carbocycles. The molecule has 2 fully saturated rings. The van der Waals surface area contributed by atoms with Crippen LogP contribution < -0.4 is 0 Å². The van der Waals surface area contributed by atoms with E-state index in [1.165, 1.54) is 16.7 Å². The summed E-state index contributed by atoms with van der Waals surface area (Å²) < 4.78 is 0. The van der Waals surface area contributed by atoms with Crippen molar-refractivity contribution in [2.24, 2.45) is 0 Å². The summed E-state index contributed by atoms with van der Waals surface area (Å²) in [4.78, 5) is 46.7. The molecule has 1 aromatic heterocycles. The summed E-state index contributed by atoms with van der Waals surface area (Å²) in [7, 11) is 0. The quantitative estimate of drug-likeness (QED) is 0.595. The number of carbonyl (C=O) groups excluding carboxylic acids is 3. The van der Waals surface area contributed by atoms with Crippen LogP contribution in [0.5, 0.6) is 0 Å². The topological polar surface area (TPSA) is 83.5 Å². The second kappa shape index (κ2) is 6.66. The summed E-state index contributed by atoms with van der Waals surface area (Å²) in [6, 6.07) is 1.54. The maximum Gasteiger partial charge on any atom is 0.289 e. The van der Waals surface area contributed by atoms with Gasteiger partial charge in [-0.15, -0.1) is 0 Å². The fourth-order valence-corrected chi connectivity index (χ4v) is 3.96. The maximum absolute atomic E-state index is 12.2. The fraction of sp³-hybridized carbons (Fsp3) is 0.462. The first kappa shape index (κ1) is 15.3. The second-order valence-electron chi connectivity index (χ2n) is 4.92. The van der Waals surface area contributed by atoms with Crippen LogP contribution in [0.2, 0.25) is 0 Å². The van der Waals surface area contributed by atoms with Gasteiger partial charge in [-0.3, -0.25) is 19.3 Å². The fourth-order valence-electron chi connectivity index (χ4n) is 2.47. The Balaban J connectivity index is 1.53. The Morgan fingerprint density at radius 3 is 2.82 bits per heavy atom. The van der Waals surface area contributed by atoms with Gasteiger partial charge in [-0.2, -0.15) is 0 Å². The minimum Gasteiger partial charge on any atom is -0.340 e. The van der Waals surface area contributed by atoms with Crippen LogP contribution >= 0.6 is 23.5 Å². The highest BCUT2D eigenvalue weighted by Crippen LogP contribution is 2.26. The zero-order chi connectivity index (χ0) is 15.5. The summed E-state index contributed by atoms with van der Waals surface area (Å²) in [6.45, 7) is 0.995. The Labute approximate surface area is 135 Å². The van der Waals surface area contributed by atoms with Gasteiger partial charge in [0.1, 0.15) is 0 Å². The molecule has 116 valence electrons. The molecule has 2 aliphatic heterocycles. The number of carbonyl (C=O) groups is 3. The van der Waals surface area contributed by atoms with Crippen LogP contribution in [0.15, 0.2) is 23.6 Å². The van der Waals surface area contributed by atoms with Crippen LogP contribution in [-0.4, -0.2) is 67.5 Å². The summed E-state index contributed by atoms with van der Waals surface area (Å²) in [5.74, 6) is 0.297. The van der Waals surface area contributed by atoms with Gasteiger partial charge in [-0.1, -0.05) is 23.5 Å². The Morgan fingerprint density at radius 2 is 2.14 bits per heavy atom. The van der Waals surface area contributed by atoms with Gasteiger partial charge in [0, 0.05) is 25.5 Å². The van der Waals surface area contributed by atoms with Crippen molar-refractivity contribution >= 4 is 40.6 Å². The zero-order valence-electron chi connectivity index (χ0n) is 11.7. The van der Waals surface area contributed by atoms with Crippen LogP contribution in [0.1, 0.15) is 6.42 Å². The molecule has 3 rings (SSSR count). The van der Waals surface area contributed by atoms with Crippen molar-refractivity contribution in [2.45, 2.75) is 17.6 Å². The number of nitrogens with zero attached hydrogens (tertiary/aromatic N) is 4. The molecule has 3 amide bonds. The van der Waals surface area contributed by atoms with E-state index in [4.69, 9.17) is 0 Å². The SMILES string of the molecule is O=C(CSc1ncccn1)N1CCC(N2C(=O)CSC2=O)C1. The van der Waals surface area contributed by atoms with Crippen molar-refractivity contribution in [3.8, 4) is 0 Å². The van der Waals surface area contributed by atoms with E-state index in [-0.39, 0.29) is 34.6 Å². The Morgan fingerprint density at radius 1 is 1.36 bits per heavy atom. The highest BCUT2D eigenvalue weighted by atomic mass is 32.2. The first-order chi connectivity index (χ1) is 10.6. The molecule has 7 nitrogen and oxygen atoms in total. The molecule has 2 aliphatic rings. The molecular weight excluding hydrogens is 324 g/mol. The third-order valence-electron chi connectivity index (χ3n) is 3.53. The second-order valence-corrected chi connectivity index (χ2v) is 6.79. The van der Waals surface area contributed by atoms with E-state index in [0.29, 0.717) is 24.7 Å². The first-order valence-electron chi connectivity index (χ1n) is 6.81. The van der Waals surface area contributed by atoms with E-state index in [9.17, 15) is 14.4 Å². The normalized spacial score (nSPS) is 21.7. The van der Waals surface area contributed by atoms with Gasteiger partial charge in [0.25, 0.3) is 5.24 Å². The summed E-state index contributed by atoms with van der Waals surface area (Å²) in [5.41, 5.74) is 0. The lowest BCUT2D eigenvalue weighted by Crippen LogP contribution is -2.41. The number of imide groups is 1. The third kappa shape index (κ3) is 3.25. The van der Waals surface area contributed by atoms with E-state index in [1.807, 2.05) is 0 Å². The predicted molar refractivity (Wildman–Crippen MR) is 82.4 cm³/mol. The molecule has 0 saturated carbocycles. The van der Waals surface area contributed by atoms with Gasteiger partial charge in [0.05, 0.1) is 17.5 Å². The van der Waals surface area contributed by atoms with Gasteiger partial charge in [-0.25, -0.2) is 9.97 Å². The Hall–Kier alpha value is -1.61. The van der Waals surface area contributed by atoms with E-state index in [1.54, 1.807) is 23.4 Å². The van der Waals surface area contributed by atoms with Crippen molar-refractivity contribution in [1.29, 1.82) is 0 Å². The third-order valence-corrected chi connectivity index (χ3v) is 5.23. The lowest BCUT2D eigenvalue weighted by molar-refractivity contribution is -0.129. The molecule has 3 heterocycles. The number of likely N-dealkylation sites (tertiary alicyclic amines) is 1. The highest BCUT2D eigenvalue weighted by Gasteiger charge is 2.40. The van der Waals surface area contributed by atoms with Crippen LogP contribution in [0, 0.1) is 0 Å². The van der Waals surface area contributed by atoms with Crippen molar-refractivity contribution < 1.29 is 14.4 Å². The molecule has 2 saturated heterocycles. The van der Waals surface area contributed by atoms with Crippen molar-refractivity contribution in [2.75, 3.05) is 24.6 Å². The highest BCUT2D eigenvalue weighted by molar-refractivity contribution is 8.14. The minimum atomic E-state index is -0.198. The molecule has 0 radical (unpaired) electrons. The van der Waals surface area contributed by atoms with Crippen LogP contribution in [0.25, 0.3) is 0 Å². The number of rotatable bonds is 4. The average Bonchev–Trinajstić information content (AvgIpc) is 3.13. The standard InChI is InChI=1S/C13H14N4O3S2/c18-10(7-21-12-14-3-1-4-15-12)16-5-2-9(6-16)17-11(19)8-22-13(17)20/h1,3-4,9H,2,5-8H2. The molecule has 0 bridgehead atoms. The molecule has 1 unspecified atom stereocenters. The number of amides is 3. The van der Waals surface area contributed by atoms with Gasteiger partial charge in [0.2, 0.25) is 11.8 Å². The smallest absolute Gasteiger partial charge is 0.289 e. The molecule has 1 aromatic rings. The van der Waals surface area contributed by atoms with E-state index in [2.05, 4.69) is 9.97 Å². The number of hydrogen-bond donors (Lipinski definition) is 0. The van der Waals surface area contributed by atoms with Crippen molar-refractivity contribution in [1.82, 2.24) is 19.8 Å². The van der Waals surface area contributed by atoms with Crippen molar-refractivity contribution in [3.63, 3.8) is 0 Å². The van der Waals surface area contributed by atoms with Crippen molar-refractivity contribution in [3.05, 3.63) is 18.5 Å². The first-order valence-corrected chi connectivity index (χ1v) is 8.78. The Bertz CT molecular complexity index is 582. The lowest BCUT2D eigenvalue weighted by Gasteiger charge is -2.21. The van der Waals surface area contributed by atoms with Gasteiger partial charge >= 0.3 is 0 Å². The predicted octanol–water partition coefficient (Wildman–Crippen LogP) is 0.865. The maximum atomic E-state index is 12.2. The summed E-state index contributed by atoms with van der Waals surface area (Å²) in [5, 5.41) is 0.365. The molecule has 22 heavy (non-hydrogen) atoms. The average molecular weight is 338 g/mol. The number of thioether (sulfide) groups is 2. The van der Waals surface area contributed by atoms with E-state index < -0.39 is 0 Å². The summed E-state index contributed by atoms with van der Waals surface area (Å²) >= 11 is 2.32. The number of hydrogen-bond acceptors (Lipinski definition) is 7. The van der Waals surface area contributed by atoms with E-state index in [0.717, 1.165) is 11.8 Å². The molecule has 0 aliphatic carbocycles. The molecule has 0 spiro atoms. The molecular formula is C13H14N4O3S2. The monoisotopic (exact) mass is 338 g/mol. The molecule has 9 heteroatoms. The molecule has 0 N–H and O–H groups in total. The van der Waals surface area contributed by atoms with Gasteiger partial charge < -0.3 is 4.90 Å². The molecule has 1 atom stereocenters. The zero-order valence-corrected chi connectivity index (χ0v) is 13.3. The van der Waals surface area contributed by atoms with Crippen LogP contribution in [0.4, 0.5) is 4.79 Å². The van der Waals surface area contributed by atoms with Gasteiger partial charge in [0.15, 0.2) is 5.16 Å². The lowest BCUT2D eigenvalue weighted by atomic mass is 10.2. The minimum absolute atomic E-state index is 0.0216. The summed E-state index contributed by atoms with van der Waals surface area (Å²) in [6.07, 6.45) is 3.91. The van der Waals surface area contributed by atoms with E-state index >= 15 is 0 Å². The van der Waals surface area contributed by atoms with Crippen LogP contribution in [0.3, 0.4) is 0 Å². The Kier molecular flexibility index (Phi) is 4.63. The largest absolute Gasteiger partial charge is 0.340 e. The number of aromatic nitrogens is 2. The van der Waals surface area contributed by atoms with Crippen LogP contribution in [-0.2, 0) is 9.59 Å². The van der Waals surface area contributed by atoms with Gasteiger partial charge in [-0.05, 0) is 12.5 Å².